The van der Waals surface area contributed by atoms with Gasteiger partial charge in [-0.05, 0) is 54.8 Å². The predicted octanol–water partition coefficient (Wildman–Crippen LogP) is 4.00. The fraction of sp³-hybridized carbons (Fsp3) is 0.360. The summed E-state index contributed by atoms with van der Waals surface area (Å²) in [6.07, 6.45) is 0. The molecule has 0 spiro atoms. The van der Waals surface area contributed by atoms with Crippen molar-refractivity contribution in [2.75, 3.05) is 25.3 Å². The van der Waals surface area contributed by atoms with Crippen LogP contribution in [0.4, 0.5) is 5.69 Å². The zero-order chi connectivity index (χ0) is 25.5. The average molecular weight is 498 g/mol. The Bertz CT molecular complexity index is 1180. The SMILES string of the molecule is COc1ccc(C(=O)NC(c2nnc(SCC(=O)Nc3cc(C)ccc3OC)n2C)C(C)C)cc1. The van der Waals surface area contributed by atoms with E-state index in [1.807, 2.05) is 50.6 Å². The number of thioether (sulfide) groups is 1. The molecule has 3 rings (SSSR count). The first-order chi connectivity index (χ1) is 16.7. The molecule has 1 aromatic heterocycles. The highest BCUT2D eigenvalue weighted by Crippen LogP contribution is 2.27. The summed E-state index contributed by atoms with van der Waals surface area (Å²) >= 11 is 1.27. The maximum Gasteiger partial charge on any atom is 0.251 e. The van der Waals surface area contributed by atoms with Crippen LogP contribution in [0.25, 0.3) is 0 Å². The lowest BCUT2D eigenvalue weighted by Crippen LogP contribution is -2.33. The molecule has 0 saturated heterocycles. The van der Waals surface area contributed by atoms with Crippen LogP contribution in [0.15, 0.2) is 47.6 Å². The van der Waals surface area contributed by atoms with Crippen molar-refractivity contribution in [1.29, 1.82) is 0 Å². The Labute approximate surface area is 209 Å². The third kappa shape index (κ3) is 6.54. The number of nitrogens with zero attached hydrogens (tertiary/aromatic N) is 3. The largest absolute Gasteiger partial charge is 0.497 e. The van der Waals surface area contributed by atoms with Gasteiger partial charge in [0, 0.05) is 12.6 Å². The number of ether oxygens (including phenoxy) is 2. The molecule has 35 heavy (non-hydrogen) atoms. The molecule has 9 nitrogen and oxygen atoms in total. The third-order valence-corrected chi connectivity index (χ3v) is 6.43. The standard InChI is InChI=1S/C25H31N5O4S/c1-15(2)22(27-24(32)17-8-10-18(33-5)11-9-17)23-28-29-25(30(23)4)35-14-21(31)26-19-13-16(3)7-12-20(19)34-6/h7-13,15,22H,14H2,1-6H3,(H,26,31)(H,27,32). The fourth-order valence-corrected chi connectivity index (χ4v) is 4.17. The van der Waals surface area contributed by atoms with Crippen LogP contribution >= 0.6 is 11.8 Å². The second-order valence-corrected chi connectivity index (χ2v) is 9.31. The summed E-state index contributed by atoms with van der Waals surface area (Å²) in [4.78, 5) is 25.4. The minimum Gasteiger partial charge on any atom is -0.497 e. The lowest BCUT2D eigenvalue weighted by atomic mass is 10.0. The van der Waals surface area contributed by atoms with Gasteiger partial charge < -0.3 is 24.7 Å². The molecule has 0 aliphatic rings. The van der Waals surface area contributed by atoms with E-state index < -0.39 is 0 Å². The van der Waals surface area contributed by atoms with Crippen molar-refractivity contribution >= 4 is 29.3 Å². The number of rotatable bonds is 10. The molecule has 0 radical (unpaired) electrons. The van der Waals surface area contributed by atoms with Crippen molar-refractivity contribution < 1.29 is 19.1 Å². The maximum absolute atomic E-state index is 12.8. The first kappa shape index (κ1) is 26.1. The Kier molecular flexibility index (Phi) is 8.75. The normalized spacial score (nSPS) is 11.7. The zero-order valence-electron chi connectivity index (χ0n) is 20.8. The van der Waals surface area contributed by atoms with E-state index in [9.17, 15) is 9.59 Å². The molecule has 2 amide bonds. The molecular weight excluding hydrogens is 466 g/mol. The van der Waals surface area contributed by atoms with E-state index in [1.54, 1.807) is 38.5 Å². The first-order valence-corrected chi connectivity index (χ1v) is 12.1. The summed E-state index contributed by atoms with van der Waals surface area (Å²) < 4.78 is 12.3. The number of carbonyl (C=O) groups excluding carboxylic acids is 2. The molecule has 0 aliphatic heterocycles. The van der Waals surface area contributed by atoms with Gasteiger partial charge in [-0.25, -0.2) is 0 Å². The van der Waals surface area contributed by atoms with Gasteiger partial charge in [0.1, 0.15) is 11.5 Å². The predicted molar refractivity (Wildman–Crippen MR) is 136 cm³/mol. The van der Waals surface area contributed by atoms with Crippen molar-refractivity contribution in [2.24, 2.45) is 13.0 Å². The summed E-state index contributed by atoms with van der Waals surface area (Å²) in [6, 6.07) is 12.2. The van der Waals surface area contributed by atoms with E-state index >= 15 is 0 Å². The van der Waals surface area contributed by atoms with Crippen LogP contribution < -0.4 is 20.1 Å². The summed E-state index contributed by atoms with van der Waals surface area (Å²) in [5.41, 5.74) is 2.16. The van der Waals surface area contributed by atoms with Crippen molar-refractivity contribution in [3.8, 4) is 11.5 Å². The van der Waals surface area contributed by atoms with Crippen LogP contribution in [-0.4, -0.2) is 46.6 Å². The van der Waals surface area contributed by atoms with Gasteiger partial charge >= 0.3 is 0 Å². The van der Waals surface area contributed by atoms with E-state index in [-0.39, 0.29) is 29.5 Å². The minimum atomic E-state index is -0.359. The highest BCUT2D eigenvalue weighted by Gasteiger charge is 2.25. The van der Waals surface area contributed by atoms with Crippen LogP contribution in [-0.2, 0) is 11.8 Å². The number of hydrogen-bond donors (Lipinski definition) is 2. The number of benzene rings is 2. The monoisotopic (exact) mass is 497 g/mol. The molecule has 0 fully saturated rings. The fourth-order valence-electron chi connectivity index (χ4n) is 3.45. The van der Waals surface area contributed by atoms with Crippen LogP contribution in [0.1, 0.15) is 41.6 Å². The number of aryl methyl sites for hydroxylation is 1. The molecule has 10 heteroatoms. The highest BCUT2D eigenvalue weighted by atomic mass is 32.2. The molecule has 1 unspecified atom stereocenters. The van der Waals surface area contributed by atoms with Gasteiger partial charge in [-0.3, -0.25) is 9.59 Å². The molecule has 1 atom stereocenters. The van der Waals surface area contributed by atoms with E-state index in [2.05, 4.69) is 20.8 Å². The summed E-state index contributed by atoms with van der Waals surface area (Å²) in [7, 11) is 4.97. The van der Waals surface area contributed by atoms with Gasteiger partial charge in [0.05, 0.1) is 31.7 Å². The van der Waals surface area contributed by atoms with E-state index in [0.717, 1.165) is 5.56 Å². The number of carbonyl (C=O) groups is 2. The van der Waals surface area contributed by atoms with Crippen LogP contribution in [0.2, 0.25) is 0 Å². The zero-order valence-corrected chi connectivity index (χ0v) is 21.6. The second-order valence-electron chi connectivity index (χ2n) is 8.36. The number of nitrogens with one attached hydrogen (secondary N) is 2. The van der Waals surface area contributed by atoms with Crippen molar-refractivity contribution in [3.63, 3.8) is 0 Å². The Morgan fingerprint density at radius 3 is 2.40 bits per heavy atom. The summed E-state index contributed by atoms with van der Waals surface area (Å²) in [5.74, 6) is 1.71. The van der Waals surface area contributed by atoms with Gasteiger partial charge in [-0.2, -0.15) is 0 Å². The van der Waals surface area contributed by atoms with Crippen LogP contribution in [0, 0.1) is 12.8 Å². The molecule has 3 aromatic rings. The number of methoxy groups -OCH3 is 2. The number of hydrogen-bond acceptors (Lipinski definition) is 7. The molecule has 1 heterocycles. The lowest BCUT2D eigenvalue weighted by molar-refractivity contribution is -0.113. The lowest BCUT2D eigenvalue weighted by Gasteiger charge is -2.21. The maximum atomic E-state index is 12.8. The molecule has 0 aliphatic carbocycles. The summed E-state index contributed by atoms with van der Waals surface area (Å²) in [6.45, 7) is 5.95. The third-order valence-electron chi connectivity index (χ3n) is 5.41. The van der Waals surface area contributed by atoms with Gasteiger partial charge in [0.15, 0.2) is 11.0 Å². The molecule has 2 N–H and O–H groups in total. The van der Waals surface area contributed by atoms with E-state index in [4.69, 9.17) is 9.47 Å². The van der Waals surface area contributed by atoms with Gasteiger partial charge in [-0.1, -0.05) is 31.7 Å². The Hall–Kier alpha value is -3.53. The number of aromatic nitrogens is 3. The highest BCUT2D eigenvalue weighted by molar-refractivity contribution is 7.99. The van der Waals surface area contributed by atoms with Crippen molar-refractivity contribution in [1.82, 2.24) is 20.1 Å². The average Bonchev–Trinajstić information content (AvgIpc) is 3.20. The Morgan fingerprint density at radius 1 is 1.06 bits per heavy atom. The van der Waals surface area contributed by atoms with Gasteiger partial charge in [0.25, 0.3) is 5.91 Å². The van der Waals surface area contributed by atoms with Crippen LogP contribution in [0.5, 0.6) is 11.5 Å². The quantitative estimate of drug-likeness (QED) is 0.408. The van der Waals surface area contributed by atoms with Gasteiger partial charge in [-0.15, -0.1) is 10.2 Å². The van der Waals surface area contributed by atoms with Crippen LogP contribution in [0.3, 0.4) is 0 Å². The molecule has 186 valence electrons. The van der Waals surface area contributed by atoms with Crippen molar-refractivity contribution in [3.05, 3.63) is 59.4 Å². The molecular formula is C25H31N5O4S. The Morgan fingerprint density at radius 2 is 1.77 bits per heavy atom. The van der Waals surface area contributed by atoms with Gasteiger partial charge in [0.2, 0.25) is 5.91 Å². The van der Waals surface area contributed by atoms with E-state index in [1.165, 1.54) is 11.8 Å². The number of amides is 2. The topological polar surface area (TPSA) is 107 Å². The van der Waals surface area contributed by atoms with Crippen molar-refractivity contribution in [2.45, 2.75) is 32.0 Å². The van der Waals surface area contributed by atoms with E-state index in [0.29, 0.717) is 33.7 Å². The number of anilines is 1. The Balaban J connectivity index is 1.67. The second kappa shape index (κ2) is 11.7. The molecule has 0 bridgehead atoms. The first-order valence-electron chi connectivity index (χ1n) is 11.1. The minimum absolute atomic E-state index is 0.0648. The molecule has 0 saturated carbocycles. The molecule has 2 aromatic carbocycles. The smallest absolute Gasteiger partial charge is 0.251 e. The summed E-state index contributed by atoms with van der Waals surface area (Å²) in [5, 5.41) is 15.1.